The molecule has 4 aromatic rings. The Morgan fingerprint density at radius 2 is 1.87 bits per heavy atom. The molecular formula is C22H17N3O5. The van der Waals surface area contributed by atoms with Crippen molar-refractivity contribution in [1.29, 1.82) is 0 Å². The number of furan rings is 1. The zero-order valence-electron chi connectivity index (χ0n) is 15.8. The van der Waals surface area contributed by atoms with Crippen LogP contribution in [0.2, 0.25) is 0 Å². The number of ether oxygens (including phenoxy) is 2. The first-order valence-electron chi connectivity index (χ1n) is 9.40. The molecule has 1 atom stereocenters. The topological polar surface area (TPSA) is 99.6 Å². The Balaban J connectivity index is 1.30. The maximum absolute atomic E-state index is 12.8. The van der Waals surface area contributed by atoms with E-state index in [9.17, 15) is 4.79 Å². The van der Waals surface area contributed by atoms with Crippen LogP contribution in [-0.2, 0) is 11.2 Å². The molecule has 2 aromatic heterocycles. The number of rotatable bonds is 5. The van der Waals surface area contributed by atoms with Gasteiger partial charge in [-0.2, -0.15) is 4.98 Å². The van der Waals surface area contributed by atoms with Crippen LogP contribution in [-0.4, -0.2) is 28.8 Å². The average molecular weight is 403 g/mol. The van der Waals surface area contributed by atoms with Crippen molar-refractivity contribution < 1.29 is 23.2 Å². The Morgan fingerprint density at radius 3 is 2.73 bits per heavy atom. The number of carbonyl (C=O) groups excluding carboxylic acids is 1. The largest absolute Gasteiger partial charge is 0.485 e. The molecule has 8 heteroatoms. The number of aromatic nitrogens is 2. The molecule has 0 saturated heterocycles. The lowest BCUT2D eigenvalue weighted by Gasteiger charge is -2.25. The van der Waals surface area contributed by atoms with Gasteiger partial charge in [0, 0.05) is 5.69 Å². The highest BCUT2D eigenvalue weighted by molar-refractivity contribution is 5.95. The van der Waals surface area contributed by atoms with Gasteiger partial charge in [0.15, 0.2) is 17.3 Å². The highest BCUT2D eigenvalue weighted by Gasteiger charge is 2.27. The minimum atomic E-state index is -0.748. The Bertz CT molecular complexity index is 1170. The molecule has 0 aliphatic carbocycles. The molecule has 0 bridgehead atoms. The summed E-state index contributed by atoms with van der Waals surface area (Å²) in [4.78, 5) is 17.1. The third kappa shape index (κ3) is 3.62. The molecule has 0 spiro atoms. The molecule has 5 rings (SSSR count). The van der Waals surface area contributed by atoms with Gasteiger partial charge in [0.25, 0.3) is 5.91 Å². The molecule has 1 aliphatic rings. The zero-order chi connectivity index (χ0) is 20.3. The van der Waals surface area contributed by atoms with E-state index in [1.54, 1.807) is 30.5 Å². The number of fused-ring (bicyclic) bond motifs is 1. The van der Waals surface area contributed by atoms with E-state index in [0.29, 0.717) is 41.1 Å². The monoisotopic (exact) mass is 403 g/mol. The Hall–Kier alpha value is -4.07. The first kappa shape index (κ1) is 18.0. The summed E-state index contributed by atoms with van der Waals surface area (Å²) < 4.78 is 22.0. The molecule has 3 heterocycles. The summed E-state index contributed by atoms with van der Waals surface area (Å²) in [6.45, 7) is 0.140. The molecule has 1 unspecified atom stereocenters. The van der Waals surface area contributed by atoms with E-state index in [1.807, 2.05) is 36.4 Å². The summed E-state index contributed by atoms with van der Waals surface area (Å²) in [7, 11) is 0. The number of hydrogen-bond donors (Lipinski definition) is 1. The lowest BCUT2D eigenvalue weighted by atomic mass is 10.1. The van der Waals surface area contributed by atoms with Crippen LogP contribution in [0.4, 0.5) is 5.69 Å². The Kier molecular flexibility index (Phi) is 4.65. The quantitative estimate of drug-likeness (QED) is 0.542. The summed E-state index contributed by atoms with van der Waals surface area (Å²) in [6.07, 6.45) is 1.16. The van der Waals surface area contributed by atoms with E-state index in [0.717, 1.165) is 5.56 Å². The van der Waals surface area contributed by atoms with E-state index >= 15 is 0 Å². The molecule has 30 heavy (non-hydrogen) atoms. The third-order valence-corrected chi connectivity index (χ3v) is 4.63. The maximum Gasteiger partial charge on any atom is 0.269 e. The predicted molar refractivity (Wildman–Crippen MR) is 106 cm³/mol. The number of para-hydroxylation sites is 3. The van der Waals surface area contributed by atoms with Crippen molar-refractivity contribution in [2.75, 3.05) is 11.9 Å². The van der Waals surface area contributed by atoms with Gasteiger partial charge in [0.2, 0.25) is 17.8 Å². The van der Waals surface area contributed by atoms with E-state index in [2.05, 4.69) is 15.5 Å². The molecule has 0 radical (unpaired) electrons. The molecule has 1 amide bonds. The second kappa shape index (κ2) is 7.75. The second-order valence-corrected chi connectivity index (χ2v) is 6.68. The number of hydrogen-bond acceptors (Lipinski definition) is 7. The van der Waals surface area contributed by atoms with Gasteiger partial charge in [-0.25, -0.2) is 0 Å². The number of anilines is 1. The van der Waals surface area contributed by atoms with Gasteiger partial charge in [-0.15, -0.1) is 0 Å². The van der Waals surface area contributed by atoms with Gasteiger partial charge >= 0.3 is 0 Å². The van der Waals surface area contributed by atoms with E-state index in [4.69, 9.17) is 18.4 Å². The molecule has 1 aliphatic heterocycles. The van der Waals surface area contributed by atoms with Crippen LogP contribution >= 0.6 is 0 Å². The molecule has 0 saturated carbocycles. The maximum atomic E-state index is 12.8. The highest BCUT2D eigenvalue weighted by atomic mass is 16.6. The summed E-state index contributed by atoms with van der Waals surface area (Å²) in [6, 6.07) is 18.2. The van der Waals surface area contributed by atoms with Crippen molar-refractivity contribution >= 4 is 11.6 Å². The number of nitrogens with zero attached hydrogens (tertiary/aromatic N) is 2. The first-order valence-corrected chi connectivity index (χ1v) is 9.40. The lowest BCUT2D eigenvalue weighted by molar-refractivity contribution is -0.125. The molecule has 1 N–H and O–H groups in total. The predicted octanol–water partition coefficient (Wildman–Crippen LogP) is 3.70. The van der Waals surface area contributed by atoms with Crippen LogP contribution in [0.25, 0.3) is 11.6 Å². The average Bonchev–Trinajstić information content (AvgIpc) is 3.47. The molecule has 2 aromatic carbocycles. The Labute approximate surface area is 171 Å². The molecule has 8 nitrogen and oxygen atoms in total. The van der Waals surface area contributed by atoms with Crippen LogP contribution in [0.3, 0.4) is 0 Å². The first-order chi connectivity index (χ1) is 14.8. The number of nitrogens with one attached hydrogen (secondary N) is 1. The summed E-state index contributed by atoms with van der Waals surface area (Å²) >= 11 is 0. The van der Waals surface area contributed by atoms with Gasteiger partial charge in [-0.3, -0.25) is 4.79 Å². The molecular weight excluding hydrogens is 386 g/mol. The fourth-order valence-electron chi connectivity index (χ4n) is 3.15. The van der Waals surface area contributed by atoms with Gasteiger partial charge in [0.1, 0.15) is 6.61 Å². The van der Waals surface area contributed by atoms with Gasteiger partial charge in [0.05, 0.1) is 12.7 Å². The summed E-state index contributed by atoms with van der Waals surface area (Å²) in [5.41, 5.74) is 1.47. The highest BCUT2D eigenvalue weighted by Crippen LogP contribution is 2.31. The van der Waals surface area contributed by atoms with Crippen molar-refractivity contribution in [3.05, 3.63) is 78.4 Å². The van der Waals surface area contributed by atoms with Crippen molar-refractivity contribution in [1.82, 2.24) is 10.1 Å². The molecule has 150 valence electrons. The third-order valence-electron chi connectivity index (χ3n) is 4.63. The zero-order valence-corrected chi connectivity index (χ0v) is 15.8. The fourth-order valence-corrected chi connectivity index (χ4v) is 3.15. The lowest BCUT2D eigenvalue weighted by Crippen LogP contribution is -2.40. The van der Waals surface area contributed by atoms with Crippen molar-refractivity contribution in [3.8, 4) is 23.1 Å². The minimum Gasteiger partial charge on any atom is -0.485 e. The summed E-state index contributed by atoms with van der Waals surface area (Å²) in [5.74, 6) is 2.21. The SMILES string of the molecule is O=C(Nc1ccccc1Cc1nc(-c2ccco2)no1)C1COc2ccccc2O1. The van der Waals surface area contributed by atoms with Crippen molar-refractivity contribution in [3.63, 3.8) is 0 Å². The van der Waals surface area contributed by atoms with Crippen LogP contribution < -0.4 is 14.8 Å². The number of benzene rings is 2. The van der Waals surface area contributed by atoms with Crippen molar-refractivity contribution in [2.45, 2.75) is 12.5 Å². The Morgan fingerprint density at radius 1 is 1.03 bits per heavy atom. The van der Waals surface area contributed by atoms with Crippen LogP contribution in [0, 0.1) is 0 Å². The number of carbonyl (C=O) groups is 1. The van der Waals surface area contributed by atoms with E-state index < -0.39 is 6.10 Å². The normalized spacial score (nSPS) is 15.0. The van der Waals surface area contributed by atoms with Crippen LogP contribution in [0.5, 0.6) is 11.5 Å². The minimum absolute atomic E-state index is 0.140. The van der Waals surface area contributed by atoms with Crippen LogP contribution in [0.1, 0.15) is 11.5 Å². The standard InChI is InChI=1S/C22H17N3O5/c26-22(19-13-28-16-8-3-4-9-17(16)29-19)23-15-7-2-1-6-14(15)12-20-24-21(25-30-20)18-10-5-11-27-18/h1-11,19H,12-13H2,(H,23,26). The van der Waals surface area contributed by atoms with Crippen LogP contribution in [0.15, 0.2) is 75.9 Å². The summed E-state index contributed by atoms with van der Waals surface area (Å²) in [5, 5.41) is 6.85. The van der Waals surface area contributed by atoms with Gasteiger partial charge < -0.3 is 23.7 Å². The van der Waals surface area contributed by atoms with Gasteiger partial charge in [-0.1, -0.05) is 35.5 Å². The van der Waals surface area contributed by atoms with Gasteiger partial charge in [-0.05, 0) is 35.9 Å². The van der Waals surface area contributed by atoms with E-state index in [1.165, 1.54) is 0 Å². The smallest absolute Gasteiger partial charge is 0.269 e. The number of amides is 1. The molecule has 0 fully saturated rings. The van der Waals surface area contributed by atoms with E-state index in [-0.39, 0.29) is 12.5 Å². The second-order valence-electron chi connectivity index (χ2n) is 6.68. The fraction of sp³-hybridized carbons (Fsp3) is 0.136. The van der Waals surface area contributed by atoms with Crippen molar-refractivity contribution in [2.24, 2.45) is 0 Å².